The fourth-order valence-corrected chi connectivity index (χ4v) is 9.27. The van der Waals surface area contributed by atoms with Gasteiger partial charge < -0.3 is 62.3 Å². The molecule has 1 N–H and O–H groups in total. The SMILES string of the molecule is C.CC(I)(I)I.COC(=O)C(C)(C)O.COC(=O)C1=C(CBr)N(C(=O)OC(C)(C)C)C(c2nccs2)=NC1(C)c1ccc(F)cc1.COC(=O)C1=C(COC(C)(C)C(=O)OC)N(C(=O)OC(C)(C)C)C(c2nccs2)=NC1(C)c1ccc(F)cc1.C[CH-]I.[H-].[Na+].[V]. The number of esters is 4. The number of carbonyl (C=O) groups excluding carboxylic acids is 6. The van der Waals surface area contributed by atoms with Gasteiger partial charge in [0, 0.05) is 47.0 Å². The van der Waals surface area contributed by atoms with Crippen LogP contribution in [0.4, 0.5) is 18.4 Å². The van der Waals surface area contributed by atoms with Crippen LogP contribution in [0.2, 0.25) is 0 Å². The molecule has 495 valence electrons. The summed E-state index contributed by atoms with van der Waals surface area (Å²) in [6, 6.07) is 11.1. The zero-order valence-electron chi connectivity index (χ0n) is 53.8. The standard InChI is InChI=1S/C27H32FN3O7S.C22H23BrFN3O4S.C5H10O3.C2H3I3.C2H4I.CH4.Na.V.H/c1-25(2,3)38-24(34)31-18(15-37-26(4,5)23(33)36-8)19(22(32)35-7)27(6,16-9-11-17(28)12-10-16)30-20(31)21-29-13-14-39-21;1-21(2,3)31-20(29)27-15(12-23)16(19(28)30-5)22(4,13-6-8-14(24)9-7-13)26-17(27)18-25-10-11-32-18;1-5(2,7)4(6)8-3;1-2(3,4)5;1-2-3;;;;/h9-14H,15H2,1-8H3;6-11H,12H2,1-5H3;7H,1-3H3;1H3;2H,1H3;1H4;;;/q;;;;-1;;+1;;-1. The zero-order valence-corrected chi connectivity index (χ0v) is 68.0. The van der Waals surface area contributed by atoms with Gasteiger partial charge in [-0.3, -0.25) is 4.43 Å². The minimum atomic E-state index is -1.48. The van der Waals surface area contributed by atoms with Gasteiger partial charge in [0.05, 0.1) is 57.6 Å². The van der Waals surface area contributed by atoms with E-state index < -0.39 is 87.8 Å². The second-order valence-corrected chi connectivity index (χ2v) is 37.7. The summed E-state index contributed by atoms with van der Waals surface area (Å²) in [5.74, 6) is -3.36. The smallest absolute Gasteiger partial charge is 1.00 e. The Morgan fingerprint density at radius 2 is 0.967 bits per heavy atom. The van der Waals surface area contributed by atoms with Gasteiger partial charge in [-0.25, -0.2) is 67.3 Å². The van der Waals surface area contributed by atoms with Crippen LogP contribution in [0.15, 0.2) is 104 Å². The third-order valence-corrected chi connectivity index (χ3v) is 13.3. The number of ether oxygens (including phenoxy) is 7. The van der Waals surface area contributed by atoms with Gasteiger partial charge in [0.1, 0.15) is 33.3 Å². The van der Waals surface area contributed by atoms with Crippen molar-refractivity contribution in [1.82, 2.24) is 19.8 Å². The van der Waals surface area contributed by atoms with E-state index in [1.54, 1.807) is 90.7 Å². The Kier molecular flexibility index (Phi) is 38.9. The fraction of sp³-hybridized carbons (Fsp3) is 0.475. The minimum absolute atomic E-state index is 0. The van der Waals surface area contributed by atoms with Crippen molar-refractivity contribution in [3.63, 3.8) is 0 Å². The monoisotopic (exact) mass is 1860 g/mol. The van der Waals surface area contributed by atoms with Crippen LogP contribution in [0.1, 0.15) is 127 Å². The van der Waals surface area contributed by atoms with Crippen LogP contribution in [0.25, 0.3) is 0 Å². The molecule has 2 aliphatic rings. The summed E-state index contributed by atoms with van der Waals surface area (Å²) in [7, 11) is 4.90. The number of aliphatic hydroxyl groups is 1. The third-order valence-electron chi connectivity index (χ3n) is 11.2. The van der Waals surface area contributed by atoms with Gasteiger partial charge in [-0.1, -0.05) is 115 Å². The molecule has 4 aromatic rings. The van der Waals surface area contributed by atoms with Crippen LogP contribution in [0, 0.1) is 16.1 Å². The molecule has 2 aromatic carbocycles. The van der Waals surface area contributed by atoms with E-state index in [0.29, 0.717) is 26.3 Å². The van der Waals surface area contributed by atoms with E-state index in [0.717, 1.165) is 4.90 Å². The van der Waals surface area contributed by atoms with Crippen molar-refractivity contribution >= 4 is 177 Å². The van der Waals surface area contributed by atoms with Crippen molar-refractivity contribution in [3.05, 3.63) is 131 Å². The number of aromatic nitrogens is 2. The molecular formula is C59H77BrF2I4N6NaO14S2V-. The topological polar surface area (TPSA) is 244 Å². The predicted molar refractivity (Wildman–Crippen MR) is 375 cm³/mol. The molecule has 4 heterocycles. The molecule has 2 aliphatic heterocycles. The molecule has 0 bridgehead atoms. The number of aliphatic imine (C=N–C) groups is 2. The molecule has 6 rings (SSSR count). The minimum Gasteiger partial charge on any atom is -1.00 e. The molecule has 0 saturated carbocycles. The number of allylic oxidation sites excluding steroid dienone is 1. The van der Waals surface area contributed by atoms with E-state index in [9.17, 15) is 37.5 Å². The molecule has 0 aliphatic carbocycles. The van der Waals surface area contributed by atoms with E-state index in [4.69, 9.17) is 43.5 Å². The van der Waals surface area contributed by atoms with Gasteiger partial charge in [-0.2, -0.15) is 6.92 Å². The van der Waals surface area contributed by atoms with Gasteiger partial charge >= 0.3 is 65.6 Å². The largest absolute Gasteiger partial charge is 1.00 e. The van der Waals surface area contributed by atoms with Crippen LogP contribution >= 0.6 is 129 Å². The molecule has 31 heteroatoms. The van der Waals surface area contributed by atoms with Crippen LogP contribution in [-0.2, 0) is 82.0 Å². The number of benzene rings is 2. The van der Waals surface area contributed by atoms with Crippen molar-refractivity contribution in [2.24, 2.45) is 9.98 Å². The first kappa shape index (κ1) is 89.8. The van der Waals surface area contributed by atoms with Gasteiger partial charge in [0.25, 0.3) is 0 Å². The van der Waals surface area contributed by atoms with Crippen LogP contribution in [0.5, 0.6) is 0 Å². The summed E-state index contributed by atoms with van der Waals surface area (Å²) < 4.78 is 66.4. The molecule has 0 saturated heterocycles. The quantitative estimate of drug-likeness (QED) is 0.0346. The number of amides is 2. The fourth-order valence-electron chi connectivity index (χ4n) is 7.51. The summed E-state index contributed by atoms with van der Waals surface area (Å²) in [5.41, 5.74) is -5.88. The maximum Gasteiger partial charge on any atom is 1.00 e. The van der Waals surface area contributed by atoms with E-state index >= 15 is 0 Å². The van der Waals surface area contributed by atoms with Crippen molar-refractivity contribution in [3.8, 4) is 0 Å². The average Bonchev–Trinajstić information content (AvgIpc) is 1.41. The molecule has 2 aromatic heterocycles. The number of alkyl halides is 4. The Morgan fingerprint density at radius 3 is 1.22 bits per heavy atom. The molecule has 2 amide bonds. The van der Waals surface area contributed by atoms with Gasteiger partial charge in [-0.15, -0.1) is 22.7 Å². The zero-order chi connectivity index (χ0) is 66.8. The summed E-state index contributed by atoms with van der Waals surface area (Å²) in [6.45, 7) is 23.1. The van der Waals surface area contributed by atoms with Gasteiger partial charge in [0.15, 0.2) is 32.9 Å². The summed E-state index contributed by atoms with van der Waals surface area (Å²) in [4.78, 5) is 96.9. The van der Waals surface area contributed by atoms with E-state index in [1.165, 1.54) is 120 Å². The van der Waals surface area contributed by atoms with Gasteiger partial charge in [0.2, 0.25) is 0 Å². The molecule has 0 fully saturated rings. The van der Waals surface area contributed by atoms with Crippen molar-refractivity contribution in [1.29, 1.82) is 0 Å². The number of halogens is 7. The maximum atomic E-state index is 13.9. The van der Waals surface area contributed by atoms with Crippen molar-refractivity contribution < 1.29 is 125 Å². The number of carbonyl (C=O) groups is 6. The number of methoxy groups -OCH3 is 4. The first-order valence-corrected chi connectivity index (χ1v) is 33.2. The van der Waals surface area contributed by atoms with E-state index in [2.05, 4.69) is 128 Å². The van der Waals surface area contributed by atoms with Crippen molar-refractivity contribution in [2.45, 2.75) is 137 Å². The number of hydrogen-bond donors (Lipinski definition) is 1. The third kappa shape index (κ3) is 26.7. The summed E-state index contributed by atoms with van der Waals surface area (Å²) in [6.07, 6.45) is 1.58. The molecular weight excluding hydrogens is 1780 g/mol. The van der Waals surface area contributed by atoms with E-state index in [1.807, 2.05) is 11.4 Å². The average molecular weight is 1860 g/mol. The Labute approximate surface area is 633 Å². The Hall–Kier alpha value is -2.30. The molecule has 2 atom stereocenters. The van der Waals surface area contributed by atoms with Gasteiger partial charge in [-0.05, 0) is 125 Å². The van der Waals surface area contributed by atoms with Crippen LogP contribution < -0.4 is 29.6 Å². The number of nitrogens with zero attached hydrogens (tertiary/aromatic N) is 6. The Balaban J connectivity index is -0.00000134. The van der Waals surface area contributed by atoms with Crippen LogP contribution in [0.3, 0.4) is 0 Å². The molecule has 90 heavy (non-hydrogen) atoms. The molecule has 20 nitrogen and oxygen atoms in total. The van der Waals surface area contributed by atoms with Crippen molar-refractivity contribution in [2.75, 3.05) is 40.4 Å². The number of hydrogen-bond acceptors (Lipinski definition) is 20. The Morgan fingerprint density at radius 1 is 0.644 bits per heavy atom. The first-order chi connectivity index (χ1) is 40.0. The molecule has 0 spiro atoms. The number of rotatable bonds is 12. The first-order valence-electron chi connectivity index (χ1n) is 25.8. The summed E-state index contributed by atoms with van der Waals surface area (Å²) in [5, 5.41) is 13.2. The van der Waals surface area contributed by atoms with Crippen LogP contribution in [-0.4, -0.2) is 135 Å². The Bertz CT molecular complexity index is 3140. The second kappa shape index (κ2) is 39.1. The number of thiazole rings is 2. The molecule has 2 unspecified atom stereocenters. The second-order valence-electron chi connectivity index (χ2n) is 21.4. The summed E-state index contributed by atoms with van der Waals surface area (Å²) >= 11 is 15.1. The number of amidine groups is 2. The maximum absolute atomic E-state index is 13.9. The normalized spacial score (nSPS) is 16.4. The molecule has 1 radical (unpaired) electrons. The predicted octanol–water partition coefficient (Wildman–Crippen LogP) is 11.9. The van der Waals surface area contributed by atoms with E-state index in [-0.39, 0.29) is 90.8 Å².